The van der Waals surface area contributed by atoms with E-state index in [9.17, 15) is 9.90 Å². The van der Waals surface area contributed by atoms with Gasteiger partial charge in [-0.2, -0.15) is 5.26 Å². The fourth-order valence-corrected chi connectivity index (χ4v) is 1.82. The second-order valence-electron chi connectivity index (χ2n) is 4.51. The summed E-state index contributed by atoms with van der Waals surface area (Å²) in [7, 11) is 0. The van der Waals surface area contributed by atoms with Gasteiger partial charge in [0.05, 0.1) is 24.7 Å². The molecule has 0 aliphatic carbocycles. The van der Waals surface area contributed by atoms with Gasteiger partial charge in [-0.25, -0.2) is 4.79 Å². The Morgan fingerprint density at radius 3 is 2.71 bits per heavy atom. The fourth-order valence-electron chi connectivity index (χ4n) is 1.82. The van der Waals surface area contributed by atoms with Gasteiger partial charge in [0.15, 0.2) is 0 Å². The molecule has 1 amide bonds. The van der Waals surface area contributed by atoms with Gasteiger partial charge in [0.1, 0.15) is 0 Å². The summed E-state index contributed by atoms with van der Waals surface area (Å²) < 4.78 is 5.09. The molecule has 96 valence electrons. The Hall–Kier alpha value is -1.28. The highest BCUT2D eigenvalue weighted by Crippen LogP contribution is 2.25. The first kappa shape index (κ1) is 13.8. The third-order valence-electron chi connectivity index (χ3n) is 3.08. The molecule has 0 bridgehead atoms. The molecule has 0 aromatic carbocycles. The number of nitrogens with zero attached hydrogens (tertiary/aromatic N) is 2. The molecule has 1 N–H and O–H groups in total. The lowest BCUT2D eigenvalue weighted by Crippen LogP contribution is -2.46. The predicted molar refractivity (Wildman–Crippen MR) is 62.2 cm³/mol. The Labute approximate surface area is 102 Å². The predicted octanol–water partition coefficient (Wildman–Crippen LogP) is 1.66. The standard InChI is InChI=1S/C12H20N2O3/c1-2-3-10-17-11(15)14-8-5-12(16,4-7-13)6-9-14/h16H,2-6,8-10H2,1H3. The van der Waals surface area contributed by atoms with Crippen molar-refractivity contribution in [2.75, 3.05) is 19.7 Å². The maximum absolute atomic E-state index is 11.6. The van der Waals surface area contributed by atoms with Gasteiger partial charge < -0.3 is 14.7 Å². The van der Waals surface area contributed by atoms with E-state index in [0.717, 1.165) is 12.8 Å². The highest BCUT2D eigenvalue weighted by Gasteiger charge is 2.34. The summed E-state index contributed by atoms with van der Waals surface area (Å²) in [6.07, 6.45) is 2.59. The van der Waals surface area contributed by atoms with Crippen molar-refractivity contribution in [2.45, 2.75) is 44.6 Å². The van der Waals surface area contributed by atoms with E-state index in [4.69, 9.17) is 10.00 Å². The number of piperidine rings is 1. The molecule has 0 unspecified atom stereocenters. The number of rotatable bonds is 4. The van der Waals surface area contributed by atoms with E-state index in [2.05, 4.69) is 0 Å². The molecule has 0 aromatic rings. The number of unbranched alkanes of at least 4 members (excludes halogenated alkanes) is 1. The van der Waals surface area contributed by atoms with Crippen molar-refractivity contribution in [3.05, 3.63) is 0 Å². The maximum Gasteiger partial charge on any atom is 0.409 e. The molecule has 1 fully saturated rings. The highest BCUT2D eigenvalue weighted by molar-refractivity contribution is 5.67. The smallest absolute Gasteiger partial charge is 0.409 e. The Balaban J connectivity index is 2.31. The van der Waals surface area contributed by atoms with Crippen LogP contribution in [0.25, 0.3) is 0 Å². The second kappa shape index (κ2) is 6.45. The van der Waals surface area contributed by atoms with Crippen LogP contribution in [0.15, 0.2) is 0 Å². The zero-order valence-corrected chi connectivity index (χ0v) is 10.3. The van der Waals surface area contributed by atoms with Crippen molar-refractivity contribution in [2.24, 2.45) is 0 Å². The van der Waals surface area contributed by atoms with Gasteiger partial charge in [0.25, 0.3) is 0 Å². The fraction of sp³-hybridized carbons (Fsp3) is 0.833. The molecule has 5 nitrogen and oxygen atoms in total. The summed E-state index contributed by atoms with van der Waals surface area (Å²) in [5.41, 5.74) is -0.922. The molecule has 0 saturated carbocycles. The van der Waals surface area contributed by atoms with E-state index >= 15 is 0 Å². The Morgan fingerprint density at radius 1 is 1.53 bits per heavy atom. The van der Waals surface area contributed by atoms with E-state index < -0.39 is 5.60 Å². The van der Waals surface area contributed by atoms with Gasteiger partial charge >= 0.3 is 6.09 Å². The number of hydrogen-bond donors (Lipinski definition) is 1. The van der Waals surface area contributed by atoms with Crippen LogP contribution in [-0.2, 0) is 4.74 Å². The van der Waals surface area contributed by atoms with E-state index in [1.807, 2.05) is 13.0 Å². The van der Waals surface area contributed by atoms with Crippen LogP contribution in [-0.4, -0.2) is 41.4 Å². The lowest BCUT2D eigenvalue weighted by molar-refractivity contribution is -0.0167. The third kappa shape index (κ3) is 4.23. The van der Waals surface area contributed by atoms with Crippen LogP contribution in [0.5, 0.6) is 0 Å². The van der Waals surface area contributed by atoms with E-state index in [-0.39, 0.29) is 12.5 Å². The van der Waals surface area contributed by atoms with Gasteiger partial charge in [-0.15, -0.1) is 0 Å². The molecule has 1 rings (SSSR count). The number of amides is 1. The van der Waals surface area contributed by atoms with Crippen molar-refractivity contribution < 1.29 is 14.6 Å². The normalized spacial score (nSPS) is 18.5. The lowest BCUT2D eigenvalue weighted by atomic mass is 9.89. The molecule has 17 heavy (non-hydrogen) atoms. The van der Waals surface area contributed by atoms with Crippen molar-refractivity contribution in [3.63, 3.8) is 0 Å². The van der Waals surface area contributed by atoms with Gasteiger partial charge in [-0.05, 0) is 19.3 Å². The Kier molecular flexibility index (Phi) is 5.23. The summed E-state index contributed by atoms with van der Waals surface area (Å²) in [5.74, 6) is 0. The lowest BCUT2D eigenvalue weighted by Gasteiger charge is -2.36. The number of aliphatic hydroxyl groups is 1. The minimum Gasteiger partial charge on any atom is -0.449 e. The minimum atomic E-state index is -0.922. The topological polar surface area (TPSA) is 73.6 Å². The molecule has 1 aliphatic rings. The summed E-state index contributed by atoms with van der Waals surface area (Å²) >= 11 is 0. The average molecular weight is 240 g/mol. The van der Waals surface area contributed by atoms with E-state index in [0.29, 0.717) is 32.5 Å². The molecular weight excluding hydrogens is 220 g/mol. The molecule has 5 heteroatoms. The molecule has 1 saturated heterocycles. The first-order valence-corrected chi connectivity index (χ1v) is 6.12. The first-order valence-electron chi connectivity index (χ1n) is 6.12. The highest BCUT2D eigenvalue weighted by atomic mass is 16.6. The van der Waals surface area contributed by atoms with Gasteiger partial charge in [-0.3, -0.25) is 0 Å². The molecule has 0 spiro atoms. The maximum atomic E-state index is 11.6. The zero-order chi connectivity index (χ0) is 12.7. The average Bonchev–Trinajstić information content (AvgIpc) is 2.30. The number of hydrogen-bond acceptors (Lipinski definition) is 4. The van der Waals surface area contributed by atoms with Crippen LogP contribution in [0.1, 0.15) is 39.0 Å². The molecule has 0 radical (unpaired) electrons. The van der Waals surface area contributed by atoms with Crippen LogP contribution < -0.4 is 0 Å². The van der Waals surface area contributed by atoms with Crippen LogP contribution in [0.4, 0.5) is 4.79 Å². The van der Waals surface area contributed by atoms with Crippen molar-refractivity contribution in [1.82, 2.24) is 4.90 Å². The number of likely N-dealkylation sites (tertiary alicyclic amines) is 1. The van der Waals surface area contributed by atoms with Gasteiger partial charge in [0, 0.05) is 13.1 Å². The van der Waals surface area contributed by atoms with Crippen LogP contribution in [0.2, 0.25) is 0 Å². The second-order valence-corrected chi connectivity index (χ2v) is 4.51. The van der Waals surface area contributed by atoms with Crippen LogP contribution in [0.3, 0.4) is 0 Å². The monoisotopic (exact) mass is 240 g/mol. The third-order valence-corrected chi connectivity index (χ3v) is 3.08. The van der Waals surface area contributed by atoms with Gasteiger partial charge in [-0.1, -0.05) is 13.3 Å². The number of carbonyl (C=O) groups is 1. The number of carbonyl (C=O) groups excluding carboxylic acids is 1. The summed E-state index contributed by atoms with van der Waals surface area (Å²) in [4.78, 5) is 13.2. The quantitative estimate of drug-likeness (QED) is 0.758. The molecule has 1 aliphatic heterocycles. The van der Waals surface area contributed by atoms with Crippen molar-refractivity contribution >= 4 is 6.09 Å². The van der Waals surface area contributed by atoms with Crippen molar-refractivity contribution in [3.8, 4) is 6.07 Å². The molecular formula is C12H20N2O3. The summed E-state index contributed by atoms with van der Waals surface area (Å²) in [5, 5.41) is 18.6. The minimum absolute atomic E-state index is 0.131. The van der Waals surface area contributed by atoms with Crippen LogP contribution >= 0.6 is 0 Å². The van der Waals surface area contributed by atoms with Crippen LogP contribution in [0, 0.1) is 11.3 Å². The summed E-state index contributed by atoms with van der Waals surface area (Å²) in [6, 6.07) is 1.98. The van der Waals surface area contributed by atoms with E-state index in [1.54, 1.807) is 4.90 Å². The number of nitriles is 1. The SMILES string of the molecule is CCCCOC(=O)N1CCC(O)(CC#N)CC1. The molecule has 1 heterocycles. The number of ether oxygens (including phenoxy) is 1. The largest absolute Gasteiger partial charge is 0.449 e. The molecule has 0 aromatic heterocycles. The van der Waals surface area contributed by atoms with E-state index in [1.165, 1.54) is 0 Å². The van der Waals surface area contributed by atoms with Gasteiger partial charge in [0.2, 0.25) is 0 Å². The Bertz CT molecular complexity index is 291. The zero-order valence-electron chi connectivity index (χ0n) is 10.3. The first-order chi connectivity index (χ1) is 8.11. The Morgan fingerprint density at radius 2 is 2.18 bits per heavy atom. The van der Waals surface area contributed by atoms with Crippen molar-refractivity contribution in [1.29, 1.82) is 5.26 Å². The molecule has 0 atom stereocenters. The summed E-state index contributed by atoms with van der Waals surface area (Å²) in [6.45, 7) is 3.41.